The number of benzene rings is 2. The Balaban J connectivity index is 2.10. The molecule has 0 bridgehead atoms. The van der Waals surface area contributed by atoms with E-state index in [0.29, 0.717) is 5.02 Å². The molecule has 0 aliphatic carbocycles. The lowest BCUT2D eigenvalue weighted by atomic mass is 10.0. The van der Waals surface area contributed by atoms with Crippen molar-refractivity contribution < 1.29 is 9.18 Å². The number of hydrogen-bond donors (Lipinski definition) is 1. The van der Waals surface area contributed by atoms with Crippen LogP contribution in [0.5, 0.6) is 0 Å². The molecule has 2 aromatic carbocycles. The Kier molecular flexibility index (Phi) is 5.71. The van der Waals surface area contributed by atoms with E-state index in [1.807, 2.05) is 0 Å². The zero-order valence-corrected chi connectivity index (χ0v) is 15.2. The maximum atomic E-state index is 13.6. The number of thioether (sulfide) groups is 1. The molecule has 2 aromatic rings. The summed E-state index contributed by atoms with van der Waals surface area (Å²) in [5.74, 6) is -0.531. The van der Waals surface area contributed by atoms with Crippen molar-refractivity contribution in [2.45, 2.75) is 32.6 Å². The van der Waals surface area contributed by atoms with E-state index in [4.69, 9.17) is 11.6 Å². The van der Waals surface area contributed by atoms with Crippen LogP contribution in [0.1, 0.15) is 22.3 Å². The summed E-state index contributed by atoms with van der Waals surface area (Å²) in [5, 5.41) is 2.95. The maximum absolute atomic E-state index is 13.6. The van der Waals surface area contributed by atoms with Crippen molar-refractivity contribution in [3.8, 4) is 0 Å². The van der Waals surface area contributed by atoms with Gasteiger partial charge >= 0.3 is 0 Å². The first-order chi connectivity index (χ1) is 10.8. The zero-order valence-electron chi connectivity index (χ0n) is 13.6. The molecule has 2 nitrogen and oxygen atoms in total. The van der Waals surface area contributed by atoms with Gasteiger partial charge in [-0.2, -0.15) is 0 Å². The van der Waals surface area contributed by atoms with Gasteiger partial charge in [-0.25, -0.2) is 4.39 Å². The zero-order chi connectivity index (χ0) is 17.1. The minimum Gasteiger partial charge on any atom is -0.323 e. The average molecular weight is 352 g/mol. The highest BCUT2D eigenvalue weighted by Crippen LogP contribution is 2.31. The molecule has 0 unspecified atom stereocenters. The van der Waals surface area contributed by atoms with Crippen molar-refractivity contribution in [1.82, 2.24) is 0 Å². The molecular formula is C18H19ClFNOS. The van der Waals surface area contributed by atoms with Gasteiger partial charge in [-0.15, -0.1) is 11.8 Å². The van der Waals surface area contributed by atoms with Gasteiger partial charge in [-0.05, 0) is 68.1 Å². The first-order valence-electron chi connectivity index (χ1n) is 7.24. The molecule has 122 valence electrons. The summed E-state index contributed by atoms with van der Waals surface area (Å²) in [6, 6.07) is 6.25. The van der Waals surface area contributed by atoms with Gasteiger partial charge in [0, 0.05) is 9.92 Å². The molecule has 0 radical (unpaired) electrons. The lowest BCUT2D eigenvalue weighted by Crippen LogP contribution is -2.15. The molecule has 5 heteroatoms. The summed E-state index contributed by atoms with van der Waals surface area (Å²) >= 11 is 7.30. The van der Waals surface area contributed by atoms with Gasteiger partial charge < -0.3 is 5.32 Å². The average Bonchev–Trinajstić information content (AvgIpc) is 2.49. The Hall–Kier alpha value is -1.52. The van der Waals surface area contributed by atoms with Crippen molar-refractivity contribution in [3.05, 3.63) is 57.4 Å². The maximum Gasteiger partial charge on any atom is 0.234 e. The third-order valence-electron chi connectivity index (χ3n) is 3.85. The van der Waals surface area contributed by atoms with Gasteiger partial charge in [-0.3, -0.25) is 4.79 Å². The molecule has 0 spiro atoms. The third kappa shape index (κ3) is 4.27. The predicted molar refractivity (Wildman–Crippen MR) is 96.2 cm³/mol. The molecule has 2 rings (SSSR count). The van der Waals surface area contributed by atoms with Crippen LogP contribution >= 0.6 is 23.4 Å². The molecular weight excluding hydrogens is 333 g/mol. The highest BCUT2D eigenvalue weighted by atomic mass is 35.5. The minimum absolute atomic E-state index is 0.108. The quantitative estimate of drug-likeness (QED) is 0.743. The van der Waals surface area contributed by atoms with Crippen LogP contribution in [0, 0.1) is 33.5 Å². The van der Waals surface area contributed by atoms with Crippen LogP contribution in [0.15, 0.2) is 29.2 Å². The third-order valence-corrected chi connectivity index (χ3v) is 5.39. The van der Waals surface area contributed by atoms with Crippen LogP contribution in [-0.2, 0) is 4.79 Å². The number of hydrogen-bond acceptors (Lipinski definition) is 2. The number of nitrogens with one attached hydrogen (secondary N) is 1. The summed E-state index contributed by atoms with van der Waals surface area (Å²) < 4.78 is 13.6. The van der Waals surface area contributed by atoms with Crippen molar-refractivity contribution in [1.29, 1.82) is 0 Å². The summed E-state index contributed by atoms with van der Waals surface area (Å²) in [6.45, 7) is 8.23. The number of aryl methyl sites for hydroxylation is 2. The van der Waals surface area contributed by atoms with E-state index in [2.05, 4.69) is 39.1 Å². The minimum atomic E-state index is -0.494. The van der Waals surface area contributed by atoms with Crippen LogP contribution in [0.2, 0.25) is 5.02 Å². The fraction of sp³-hybridized carbons (Fsp3) is 0.278. The fourth-order valence-electron chi connectivity index (χ4n) is 2.31. The molecule has 0 fully saturated rings. The second-order valence-corrected chi connectivity index (χ2v) is 6.97. The first kappa shape index (κ1) is 17.8. The molecule has 1 amide bonds. The predicted octanol–water partition coefficient (Wildman–Crippen LogP) is 5.44. The summed E-state index contributed by atoms with van der Waals surface area (Å²) in [7, 11) is 0. The standard InChI is InChI=1S/C18H19ClFNOS/c1-10-7-11(2)13(4)18(12(10)3)23-9-17(22)21-16-8-14(19)5-6-15(16)20/h5-8H,9H2,1-4H3,(H,21,22). The number of anilines is 1. The lowest BCUT2D eigenvalue weighted by molar-refractivity contribution is -0.113. The molecule has 0 atom stereocenters. The second-order valence-electron chi connectivity index (χ2n) is 5.55. The Labute approximate surface area is 145 Å². The number of halogens is 2. The molecule has 0 saturated carbocycles. The van der Waals surface area contributed by atoms with Crippen molar-refractivity contribution in [2.75, 3.05) is 11.1 Å². The van der Waals surface area contributed by atoms with Crippen LogP contribution in [-0.4, -0.2) is 11.7 Å². The summed E-state index contributed by atoms with van der Waals surface area (Å²) in [4.78, 5) is 13.2. The Morgan fingerprint density at radius 2 is 1.74 bits per heavy atom. The molecule has 0 heterocycles. The molecule has 23 heavy (non-hydrogen) atoms. The Morgan fingerprint density at radius 3 is 2.35 bits per heavy atom. The highest BCUT2D eigenvalue weighted by Gasteiger charge is 2.12. The Bertz CT molecular complexity index is 735. The van der Waals surface area contributed by atoms with Crippen LogP contribution in [0.3, 0.4) is 0 Å². The van der Waals surface area contributed by atoms with Crippen molar-refractivity contribution in [2.24, 2.45) is 0 Å². The number of rotatable bonds is 4. The van der Waals surface area contributed by atoms with Gasteiger partial charge in [0.2, 0.25) is 5.91 Å². The van der Waals surface area contributed by atoms with E-state index in [-0.39, 0.29) is 17.3 Å². The van der Waals surface area contributed by atoms with E-state index in [1.54, 1.807) is 0 Å². The van der Waals surface area contributed by atoms with Gasteiger partial charge in [0.25, 0.3) is 0 Å². The number of carbonyl (C=O) groups excluding carboxylic acids is 1. The van der Waals surface area contributed by atoms with E-state index in [1.165, 1.54) is 52.2 Å². The van der Waals surface area contributed by atoms with E-state index in [9.17, 15) is 9.18 Å². The summed E-state index contributed by atoms with van der Waals surface area (Å²) in [6.07, 6.45) is 0. The molecule has 0 saturated heterocycles. The first-order valence-corrected chi connectivity index (χ1v) is 8.61. The fourth-order valence-corrected chi connectivity index (χ4v) is 3.59. The van der Waals surface area contributed by atoms with Crippen LogP contribution < -0.4 is 5.32 Å². The van der Waals surface area contributed by atoms with Crippen molar-refractivity contribution in [3.63, 3.8) is 0 Å². The highest BCUT2D eigenvalue weighted by molar-refractivity contribution is 8.00. The summed E-state index contributed by atoms with van der Waals surface area (Å²) in [5.41, 5.74) is 4.88. The van der Waals surface area contributed by atoms with Crippen molar-refractivity contribution >= 4 is 35.0 Å². The lowest BCUT2D eigenvalue weighted by Gasteiger charge is -2.14. The van der Waals surface area contributed by atoms with Gasteiger partial charge in [0.1, 0.15) is 5.82 Å². The van der Waals surface area contributed by atoms with E-state index >= 15 is 0 Å². The van der Waals surface area contributed by atoms with Crippen LogP contribution in [0.4, 0.5) is 10.1 Å². The SMILES string of the molecule is Cc1cc(C)c(C)c(SCC(=O)Nc2cc(Cl)ccc2F)c1C. The molecule has 0 aliphatic heterocycles. The number of amides is 1. The normalized spacial score (nSPS) is 10.7. The van der Waals surface area contributed by atoms with Crippen LogP contribution in [0.25, 0.3) is 0 Å². The van der Waals surface area contributed by atoms with Gasteiger partial charge in [0.05, 0.1) is 11.4 Å². The number of carbonyl (C=O) groups is 1. The van der Waals surface area contributed by atoms with E-state index in [0.717, 1.165) is 4.90 Å². The molecule has 0 aromatic heterocycles. The Morgan fingerprint density at radius 1 is 1.13 bits per heavy atom. The topological polar surface area (TPSA) is 29.1 Å². The van der Waals surface area contributed by atoms with E-state index < -0.39 is 5.82 Å². The largest absolute Gasteiger partial charge is 0.323 e. The van der Waals surface area contributed by atoms with Gasteiger partial charge in [-0.1, -0.05) is 17.7 Å². The molecule has 0 aliphatic rings. The second kappa shape index (κ2) is 7.37. The smallest absolute Gasteiger partial charge is 0.234 e. The van der Waals surface area contributed by atoms with Gasteiger partial charge in [0.15, 0.2) is 0 Å². The monoisotopic (exact) mass is 351 g/mol. The molecule has 1 N–H and O–H groups in total.